The van der Waals surface area contributed by atoms with E-state index in [2.05, 4.69) is 249 Å². The minimum absolute atomic E-state index is 0.000318. The number of hydrogen-bond acceptors (Lipinski definition) is 4. The Morgan fingerprint density at radius 3 is 1.30 bits per heavy atom. The van der Waals surface area contributed by atoms with Crippen molar-refractivity contribution in [3.63, 3.8) is 0 Å². The lowest BCUT2D eigenvalue weighted by molar-refractivity contribution is 0.282. The van der Waals surface area contributed by atoms with Crippen LogP contribution in [0.1, 0.15) is 218 Å². The van der Waals surface area contributed by atoms with Gasteiger partial charge in [-0.25, -0.2) is 0 Å². The SMILES string of the molecule is Cc1ccccc1N(c1cc2c3c(c1)N(c1ccc4c(c1)C(C)(C)CCC4(C)C)c1c(oc4c1C(C)(C)CCC4(C)C)B3c1cc3c(cc1N2c1ccc2c(c1)C(C)(C)CCC2(C)C)C(C)(C)CCC3(C)C)c1ccccc1C. The first-order valence-corrected chi connectivity index (χ1v) is 30.3. The lowest BCUT2D eigenvalue weighted by Crippen LogP contribution is -2.61. The number of nitrogens with zero attached hydrogens (tertiary/aromatic N) is 3. The molecule has 2 aliphatic heterocycles. The summed E-state index contributed by atoms with van der Waals surface area (Å²) in [7, 11) is 0. The Labute approximate surface area is 475 Å². The number of benzene rings is 6. The van der Waals surface area contributed by atoms with Crippen LogP contribution < -0.4 is 31.3 Å². The standard InChI is InChI=1S/C74H88BN3O/c1-45-23-19-21-25-57(45)77(58-26-22-20-24-46(58)2)49-41-60-63-61(42-49)78(48-28-30-51-53(40-48)70(9,10)34-32-68(51,5)6)64-62-65(74(17,18)38-37-73(62,15)16)79-66(64)75(63)56-43-54-55(72(13,14)36-35-71(54,11)12)44-59(56)76(60)47-27-29-50-52(39-47)69(7,8)33-31-67(50,3)4/h19-30,39-44H,31-38H2,1-18H3. The molecule has 7 aromatic rings. The number of aryl methyl sites for hydroxylation is 2. The minimum atomic E-state index is -0.161. The van der Waals surface area contributed by atoms with E-state index < -0.39 is 0 Å². The first-order valence-electron chi connectivity index (χ1n) is 30.3. The molecule has 0 radical (unpaired) electrons. The summed E-state index contributed by atoms with van der Waals surface area (Å²) in [5, 5.41) is 0. The van der Waals surface area contributed by atoms with E-state index in [4.69, 9.17) is 4.42 Å². The molecule has 0 saturated heterocycles. The fourth-order valence-electron chi connectivity index (χ4n) is 16.0. The van der Waals surface area contributed by atoms with E-state index >= 15 is 0 Å². The van der Waals surface area contributed by atoms with Crippen LogP contribution in [0.5, 0.6) is 0 Å². The molecule has 0 unspecified atom stereocenters. The highest BCUT2D eigenvalue weighted by molar-refractivity contribution is 6.99. The van der Waals surface area contributed by atoms with Crippen LogP contribution >= 0.6 is 0 Å². The quantitative estimate of drug-likeness (QED) is 0.160. The molecule has 13 rings (SSSR count). The normalized spacial score (nSPS) is 21.4. The van der Waals surface area contributed by atoms with Gasteiger partial charge < -0.3 is 19.1 Å². The second-order valence-electron chi connectivity index (χ2n) is 30.9. The summed E-state index contributed by atoms with van der Waals surface area (Å²) in [6.45, 7) is 44.1. The summed E-state index contributed by atoms with van der Waals surface area (Å²) in [5.41, 5.74) is 27.3. The third-order valence-electron chi connectivity index (χ3n) is 21.7. The summed E-state index contributed by atoms with van der Waals surface area (Å²) in [6.07, 6.45) is 9.11. The summed E-state index contributed by atoms with van der Waals surface area (Å²) in [6, 6.07) is 43.8. The molecule has 4 nitrogen and oxygen atoms in total. The average molecular weight is 1050 g/mol. The lowest BCUT2D eigenvalue weighted by atomic mass is 9.35. The van der Waals surface area contributed by atoms with Crippen molar-refractivity contribution in [3.8, 4) is 0 Å². The van der Waals surface area contributed by atoms with E-state index in [1.54, 1.807) is 0 Å². The van der Waals surface area contributed by atoms with Crippen molar-refractivity contribution in [2.24, 2.45) is 0 Å². The third kappa shape index (κ3) is 7.72. The zero-order valence-electron chi connectivity index (χ0n) is 51.4. The van der Waals surface area contributed by atoms with Gasteiger partial charge in [0, 0.05) is 50.8 Å². The second kappa shape index (κ2) is 16.8. The smallest absolute Gasteiger partial charge is 0.297 e. The highest BCUT2D eigenvalue weighted by atomic mass is 16.3. The van der Waals surface area contributed by atoms with Gasteiger partial charge in [0.2, 0.25) is 0 Å². The molecule has 6 aromatic carbocycles. The molecule has 5 heteroatoms. The van der Waals surface area contributed by atoms with Crippen molar-refractivity contribution in [2.75, 3.05) is 14.7 Å². The molecule has 0 fully saturated rings. The molecule has 79 heavy (non-hydrogen) atoms. The largest absolute Gasteiger partial charge is 0.472 e. The van der Waals surface area contributed by atoms with E-state index in [0.29, 0.717) is 0 Å². The molecule has 1 aromatic heterocycles. The first-order chi connectivity index (χ1) is 36.9. The Bertz CT molecular complexity index is 3660. The predicted octanol–water partition coefficient (Wildman–Crippen LogP) is 18.8. The van der Waals surface area contributed by atoms with Gasteiger partial charge >= 0.3 is 0 Å². The Balaban J connectivity index is 1.23. The summed E-state index contributed by atoms with van der Waals surface area (Å²) in [5.74, 6) is 1.16. The fraction of sp³-hybridized carbons (Fsp3) is 0.459. The van der Waals surface area contributed by atoms with Crippen molar-refractivity contribution >= 4 is 74.5 Å². The molecular weight excluding hydrogens is 958 g/mol. The van der Waals surface area contributed by atoms with E-state index in [0.717, 1.165) is 55.6 Å². The molecule has 0 bridgehead atoms. The topological polar surface area (TPSA) is 22.9 Å². The maximum absolute atomic E-state index is 8.00. The third-order valence-corrected chi connectivity index (χ3v) is 21.7. The van der Waals surface area contributed by atoms with E-state index in [9.17, 15) is 0 Å². The van der Waals surface area contributed by atoms with Gasteiger partial charge in [0.25, 0.3) is 6.71 Å². The Kier molecular flexibility index (Phi) is 11.2. The van der Waals surface area contributed by atoms with Gasteiger partial charge in [-0.1, -0.05) is 165 Å². The maximum atomic E-state index is 8.00. The lowest BCUT2D eigenvalue weighted by Gasteiger charge is -2.48. The Hall–Kier alpha value is -5.94. The maximum Gasteiger partial charge on any atom is 0.297 e. The van der Waals surface area contributed by atoms with Gasteiger partial charge in [-0.2, -0.15) is 0 Å². The number of anilines is 9. The van der Waals surface area contributed by atoms with Crippen LogP contribution in [0.2, 0.25) is 0 Å². The highest BCUT2D eigenvalue weighted by Crippen LogP contribution is 2.59. The van der Waals surface area contributed by atoms with Crippen LogP contribution in [0.3, 0.4) is 0 Å². The van der Waals surface area contributed by atoms with Gasteiger partial charge in [-0.15, -0.1) is 0 Å². The van der Waals surface area contributed by atoms with Crippen LogP contribution in [0.4, 0.5) is 51.2 Å². The molecule has 4 aliphatic carbocycles. The monoisotopic (exact) mass is 1050 g/mol. The molecular formula is C74H88BN3O. The molecule has 0 amide bonds. The van der Waals surface area contributed by atoms with Crippen molar-refractivity contribution in [2.45, 2.75) is 219 Å². The van der Waals surface area contributed by atoms with Gasteiger partial charge in [-0.05, 0) is 213 Å². The van der Waals surface area contributed by atoms with Gasteiger partial charge in [-0.3, -0.25) is 0 Å². The van der Waals surface area contributed by atoms with E-state index in [1.807, 2.05) is 0 Å². The predicted molar refractivity (Wildman–Crippen MR) is 338 cm³/mol. The second-order valence-corrected chi connectivity index (χ2v) is 30.9. The van der Waals surface area contributed by atoms with Crippen LogP contribution in [0, 0.1) is 13.8 Å². The Morgan fingerprint density at radius 2 is 0.810 bits per heavy atom. The molecule has 6 aliphatic rings. The number of hydrogen-bond donors (Lipinski definition) is 0. The van der Waals surface area contributed by atoms with Crippen LogP contribution in [-0.2, 0) is 43.3 Å². The van der Waals surface area contributed by atoms with Crippen LogP contribution in [0.25, 0.3) is 0 Å². The van der Waals surface area contributed by atoms with Crippen molar-refractivity contribution in [3.05, 3.63) is 165 Å². The zero-order chi connectivity index (χ0) is 56.1. The van der Waals surface area contributed by atoms with Crippen molar-refractivity contribution < 1.29 is 4.42 Å². The van der Waals surface area contributed by atoms with Crippen LogP contribution in [-0.4, -0.2) is 6.71 Å². The van der Waals surface area contributed by atoms with Gasteiger partial charge in [0.05, 0.1) is 17.0 Å². The number of para-hydroxylation sites is 2. The molecule has 0 spiro atoms. The average Bonchev–Trinajstić information content (AvgIpc) is 2.60. The van der Waals surface area contributed by atoms with Gasteiger partial charge in [0.15, 0.2) is 0 Å². The molecule has 408 valence electrons. The summed E-state index contributed by atoms with van der Waals surface area (Å²) in [4.78, 5) is 8.04. The zero-order valence-corrected chi connectivity index (χ0v) is 51.4. The number of furan rings is 1. The van der Waals surface area contributed by atoms with Crippen molar-refractivity contribution in [1.82, 2.24) is 0 Å². The van der Waals surface area contributed by atoms with Gasteiger partial charge in [0.1, 0.15) is 5.76 Å². The van der Waals surface area contributed by atoms with E-state index in [1.165, 1.54) is 119 Å². The number of rotatable bonds is 5. The molecule has 3 heterocycles. The highest BCUT2D eigenvalue weighted by Gasteiger charge is 2.54. The Morgan fingerprint density at radius 1 is 0.405 bits per heavy atom. The van der Waals surface area contributed by atoms with E-state index in [-0.39, 0.29) is 50.0 Å². The van der Waals surface area contributed by atoms with Crippen LogP contribution in [0.15, 0.2) is 114 Å². The first kappa shape index (κ1) is 52.4. The number of fused-ring (bicyclic) bond motifs is 9. The summed E-state index contributed by atoms with van der Waals surface area (Å²) < 4.78 is 8.00. The molecule has 0 N–H and O–H groups in total. The summed E-state index contributed by atoms with van der Waals surface area (Å²) >= 11 is 0. The van der Waals surface area contributed by atoms with Crippen molar-refractivity contribution in [1.29, 1.82) is 0 Å². The molecule has 0 atom stereocenters. The fourth-order valence-corrected chi connectivity index (χ4v) is 16.0. The minimum Gasteiger partial charge on any atom is -0.472 e. The molecule has 0 saturated carbocycles.